The van der Waals surface area contributed by atoms with Crippen molar-refractivity contribution in [2.24, 2.45) is 0 Å². The van der Waals surface area contributed by atoms with Crippen molar-refractivity contribution in [1.29, 1.82) is 0 Å². The van der Waals surface area contributed by atoms with E-state index in [1.165, 1.54) is 24.3 Å². The molecule has 2 aliphatic rings. The fourth-order valence-electron chi connectivity index (χ4n) is 2.72. The molecule has 2 fully saturated rings. The Hall–Kier alpha value is -0.220. The minimum atomic E-state index is 0.0690. The van der Waals surface area contributed by atoms with Crippen LogP contribution < -0.4 is 5.32 Å². The monoisotopic (exact) mass is 242 g/mol. The largest absolute Gasteiger partial charge is 0.323 e. The standard InChI is InChI=1S/C12H22N2OS/c1-3-10-12(15)14(11(4-2)13-10)9-5-7-16-8-6-9/h9-11,13H,3-8H2,1-2H3. The summed E-state index contributed by atoms with van der Waals surface area (Å²) in [5.41, 5.74) is 0. The minimum absolute atomic E-state index is 0.0690. The highest BCUT2D eigenvalue weighted by Crippen LogP contribution is 2.27. The summed E-state index contributed by atoms with van der Waals surface area (Å²) >= 11 is 2.02. The Morgan fingerprint density at radius 1 is 1.31 bits per heavy atom. The molecule has 2 unspecified atom stereocenters. The quantitative estimate of drug-likeness (QED) is 0.819. The topological polar surface area (TPSA) is 32.3 Å². The number of rotatable bonds is 3. The summed E-state index contributed by atoms with van der Waals surface area (Å²) in [6.07, 6.45) is 4.56. The predicted molar refractivity (Wildman–Crippen MR) is 68.5 cm³/mol. The van der Waals surface area contributed by atoms with E-state index in [4.69, 9.17) is 0 Å². The second-order valence-corrected chi connectivity index (χ2v) is 5.87. The lowest BCUT2D eigenvalue weighted by Gasteiger charge is -2.34. The molecule has 0 aromatic rings. The molecular formula is C12H22N2OS. The number of hydrogen-bond acceptors (Lipinski definition) is 3. The van der Waals surface area contributed by atoms with Gasteiger partial charge in [0.2, 0.25) is 5.91 Å². The number of amides is 1. The molecule has 92 valence electrons. The normalized spacial score (nSPS) is 32.4. The lowest BCUT2D eigenvalue weighted by molar-refractivity contribution is -0.132. The Labute approximate surface area is 102 Å². The summed E-state index contributed by atoms with van der Waals surface area (Å²) in [6, 6.07) is 0.558. The van der Waals surface area contributed by atoms with Crippen LogP contribution in [0.1, 0.15) is 39.5 Å². The van der Waals surface area contributed by atoms with Crippen LogP contribution in [0.2, 0.25) is 0 Å². The van der Waals surface area contributed by atoms with Gasteiger partial charge in [0.1, 0.15) is 0 Å². The number of nitrogens with one attached hydrogen (secondary N) is 1. The first-order chi connectivity index (χ1) is 7.77. The van der Waals surface area contributed by atoms with Crippen molar-refractivity contribution in [3.63, 3.8) is 0 Å². The van der Waals surface area contributed by atoms with Gasteiger partial charge in [-0.3, -0.25) is 10.1 Å². The van der Waals surface area contributed by atoms with Crippen LogP contribution in [0.3, 0.4) is 0 Å². The van der Waals surface area contributed by atoms with E-state index >= 15 is 0 Å². The van der Waals surface area contributed by atoms with Gasteiger partial charge in [-0.15, -0.1) is 0 Å². The molecule has 16 heavy (non-hydrogen) atoms. The van der Waals surface area contributed by atoms with Gasteiger partial charge in [-0.25, -0.2) is 0 Å². The molecule has 2 saturated heterocycles. The average molecular weight is 242 g/mol. The Balaban J connectivity index is 2.07. The van der Waals surface area contributed by atoms with Crippen LogP contribution in [0.4, 0.5) is 0 Å². The minimum Gasteiger partial charge on any atom is -0.323 e. The molecule has 0 aliphatic carbocycles. The van der Waals surface area contributed by atoms with Crippen molar-refractivity contribution >= 4 is 17.7 Å². The van der Waals surface area contributed by atoms with Crippen molar-refractivity contribution in [1.82, 2.24) is 10.2 Å². The Morgan fingerprint density at radius 3 is 2.56 bits per heavy atom. The second-order valence-electron chi connectivity index (χ2n) is 4.64. The zero-order valence-corrected chi connectivity index (χ0v) is 11.1. The molecule has 2 atom stereocenters. The highest BCUT2D eigenvalue weighted by Gasteiger charge is 2.40. The third kappa shape index (κ3) is 2.23. The Bertz CT molecular complexity index is 253. The molecule has 4 heteroatoms. The van der Waals surface area contributed by atoms with Gasteiger partial charge >= 0.3 is 0 Å². The van der Waals surface area contributed by atoms with Crippen molar-refractivity contribution in [3.05, 3.63) is 0 Å². The van der Waals surface area contributed by atoms with Crippen LogP contribution in [-0.2, 0) is 4.79 Å². The van der Waals surface area contributed by atoms with E-state index in [1.54, 1.807) is 0 Å². The summed E-state index contributed by atoms with van der Waals surface area (Å²) < 4.78 is 0. The van der Waals surface area contributed by atoms with E-state index < -0.39 is 0 Å². The van der Waals surface area contributed by atoms with Crippen LogP contribution >= 0.6 is 11.8 Å². The van der Waals surface area contributed by atoms with Crippen LogP contribution in [-0.4, -0.2) is 40.6 Å². The van der Waals surface area contributed by atoms with Crippen LogP contribution in [0.25, 0.3) is 0 Å². The Morgan fingerprint density at radius 2 is 2.00 bits per heavy atom. The highest BCUT2D eigenvalue weighted by molar-refractivity contribution is 7.99. The third-order valence-corrected chi connectivity index (χ3v) is 4.71. The molecule has 2 rings (SSSR count). The molecule has 1 amide bonds. The van der Waals surface area contributed by atoms with Gasteiger partial charge in [-0.1, -0.05) is 13.8 Å². The smallest absolute Gasteiger partial charge is 0.241 e. The Kier molecular flexibility index (Phi) is 4.14. The first-order valence-electron chi connectivity index (χ1n) is 6.43. The van der Waals surface area contributed by atoms with Gasteiger partial charge in [0, 0.05) is 6.04 Å². The molecule has 0 aromatic heterocycles. The molecule has 0 saturated carbocycles. The SMILES string of the molecule is CCC1NC(CC)N(C2CCSCC2)C1=O. The maximum Gasteiger partial charge on any atom is 0.241 e. The van der Waals surface area contributed by atoms with Crippen molar-refractivity contribution in [2.75, 3.05) is 11.5 Å². The summed E-state index contributed by atoms with van der Waals surface area (Å²) in [7, 11) is 0. The first-order valence-corrected chi connectivity index (χ1v) is 7.59. The molecule has 0 bridgehead atoms. The maximum atomic E-state index is 12.3. The summed E-state index contributed by atoms with van der Waals surface area (Å²) in [4.78, 5) is 14.4. The van der Waals surface area contributed by atoms with Crippen LogP contribution in [0.5, 0.6) is 0 Å². The summed E-state index contributed by atoms with van der Waals surface area (Å²) in [6.45, 7) is 4.25. The summed E-state index contributed by atoms with van der Waals surface area (Å²) in [5.74, 6) is 2.76. The highest BCUT2D eigenvalue weighted by atomic mass is 32.2. The first kappa shape index (κ1) is 12.2. The molecule has 0 spiro atoms. The second kappa shape index (κ2) is 5.41. The van der Waals surface area contributed by atoms with Crippen molar-refractivity contribution < 1.29 is 4.79 Å². The van der Waals surface area contributed by atoms with E-state index in [0.717, 1.165) is 12.8 Å². The van der Waals surface area contributed by atoms with Gasteiger partial charge < -0.3 is 4.90 Å². The molecular weight excluding hydrogens is 220 g/mol. The maximum absolute atomic E-state index is 12.3. The van der Waals surface area contributed by atoms with Gasteiger partial charge in [0.15, 0.2) is 0 Å². The van der Waals surface area contributed by atoms with E-state index in [1.807, 2.05) is 11.8 Å². The van der Waals surface area contributed by atoms with Crippen LogP contribution in [0.15, 0.2) is 0 Å². The zero-order valence-electron chi connectivity index (χ0n) is 10.2. The molecule has 2 aliphatic heterocycles. The van der Waals surface area contributed by atoms with E-state index in [0.29, 0.717) is 11.9 Å². The molecule has 0 radical (unpaired) electrons. The van der Waals surface area contributed by atoms with Gasteiger partial charge in [-0.2, -0.15) is 11.8 Å². The number of nitrogens with zero attached hydrogens (tertiary/aromatic N) is 1. The summed E-state index contributed by atoms with van der Waals surface area (Å²) in [5, 5.41) is 3.46. The number of carbonyl (C=O) groups excluding carboxylic acids is 1. The molecule has 3 nitrogen and oxygen atoms in total. The van der Waals surface area contributed by atoms with Gasteiger partial charge in [0.05, 0.1) is 12.2 Å². The van der Waals surface area contributed by atoms with Gasteiger partial charge in [-0.05, 0) is 37.2 Å². The van der Waals surface area contributed by atoms with Crippen LogP contribution in [0, 0.1) is 0 Å². The van der Waals surface area contributed by atoms with E-state index in [9.17, 15) is 4.79 Å². The lowest BCUT2D eigenvalue weighted by Crippen LogP contribution is -2.45. The molecule has 0 aromatic carbocycles. The molecule has 1 N–H and O–H groups in total. The number of hydrogen-bond donors (Lipinski definition) is 1. The average Bonchev–Trinajstić information content (AvgIpc) is 2.66. The van der Waals surface area contributed by atoms with E-state index in [-0.39, 0.29) is 12.2 Å². The number of thioether (sulfide) groups is 1. The third-order valence-electron chi connectivity index (χ3n) is 3.66. The predicted octanol–water partition coefficient (Wildman–Crippen LogP) is 1.83. The van der Waals surface area contributed by atoms with Crippen molar-refractivity contribution in [3.8, 4) is 0 Å². The fraction of sp³-hybridized carbons (Fsp3) is 0.917. The van der Waals surface area contributed by atoms with Gasteiger partial charge in [0.25, 0.3) is 0 Å². The fourth-order valence-corrected chi connectivity index (χ4v) is 3.80. The number of carbonyl (C=O) groups is 1. The zero-order chi connectivity index (χ0) is 11.5. The lowest BCUT2D eigenvalue weighted by atomic mass is 10.1. The molecule has 2 heterocycles. The van der Waals surface area contributed by atoms with E-state index in [2.05, 4.69) is 24.1 Å². The van der Waals surface area contributed by atoms with Crippen molar-refractivity contribution in [2.45, 2.75) is 57.8 Å².